The molecule has 0 fully saturated rings. The molecule has 0 amide bonds. The summed E-state index contributed by atoms with van der Waals surface area (Å²) in [5.41, 5.74) is 5.75. The van der Waals surface area contributed by atoms with Gasteiger partial charge in [0.15, 0.2) is 5.82 Å². The zero-order valence-corrected chi connectivity index (χ0v) is 14.4. The normalized spacial score (nSPS) is 18.9. The zero-order chi connectivity index (χ0) is 16.6. The van der Waals surface area contributed by atoms with Gasteiger partial charge in [-0.25, -0.2) is 4.68 Å². The first kappa shape index (κ1) is 15.1. The first-order chi connectivity index (χ1) is 11.7. The smallest absolute Gasteiger partial charge is 0.212 e. The highest BCUT2D eigenvalue weighted by atomic mass is 32.2. The van der Waals surface area contributed by atoms with Gasteiger partial charge in [-0.2, -0.15) is 0 Å². The fourth-order valence-electron chi connectivity index (χ4n) is 2.79. The number of hydrogen-bond acceptors (Lipinski definition) is 5. The predicted molar refractivity (Wildman–Crippen MR) is 95.6 cm³/mol. The minimum atomic E-state index is -0.257. The highest BCUT2D eigenvalue weighted by Crippen LogP contribution is 2.45. The topological polar surface area (TPSA) is 52.0 Å². The number of aromatic nitrogens is 3. The number of fused-ring (bicyclic) bond motifs is 1. The standard InChI is InChI=1S/C18H18N4OS/c1-3-23-15-11-9-13(10-12-15)16-19-20-17-22(16)21-18(2,24-17)14-7-5-4-6-8-14/h4-12,21H,3H2,1-2H3. The Morgan fingerprint density at radius 1 is 1.08 bits per heavy atom. The Kier molecular flexibility index (Phi) is 3.69. The van der Waals surface area contributed by atoms with E-state index in [0.29, 0.717) is 6.61 Å². The van der Waals surface area contributed by atoms with Gasteiger partial charge in [-0.05, 0) is 43.7 Å². The Labute approximate surface area is 145 Å². The van der Waals surface area contributed by atoms with Gasteiger partial charge in [0.05, 0.1) is 6.61 Å². The number of thioether (sulfide) groups is 1. The van der Waals surface area contributed by atoms with Crippen LogP contribution in [0.15, 0.2) is 59.8 Å². The maximum absolute atomic E-state index is 5.50. The van der Waals surface area contributed by atoms with Crippen molar-refractivity contribution in [3.05, 3.63) is 60.2 Å². The maximum atomic E-state index is 5.50. The summed E-state index contributed by atoms with van der Waals surface area (Å²) >= 11 is 1.67. The average molecular weight is 338 g/mol. The molecule has 24 heavy (non-hydrogen) atoms. The van der Waals surface area contributed by atoms with Gasteiger partial charge in [0.1, 0.15) is 10.6 Å². The second kappa shape index (κ2) is 5.87. The fourth-order valence-corrected chi connectivity index (χ4v) is 3.85. The van der Waals surface area contributed by atoms with Crippen molar-refractivity contribution in [3.63, 3.8) is 0 Å². The average Bonchev–Trinajstić information content (AvgIpc) is 3.14. The van der Waals surface area contributed by atoms with Crippen molar-refractivity contribution in [2.75, 3.05) is 12.0 Å². The summed E-state index contributed by atoms with van der Waals surface area (Å²) in [6.45, 7) is 4.79. The Morgan fingerprint density at radius 3 is 2.54 bits per heavy atom. The Hall–Kier alpha value is -2.47. The summed E-state index contributed by atoms with van der Waals surface area (Å²) in [5.74, 6) is 1.67. The molecule has 0 aliphatic carbocycles. The van der Waals surface area contributed by atoms with Crippen LogP contribution in [0.4, 0.5) is 0 Å². The summed E-state index contributed by atoms with van der Waals surface area (Å²) in [7, 11) is 0. The van der Waals surface area contributed by atoms with Crippen molar-refractivity contribution in [1.29, 1.82) is 0 Å². The van der Waals surface area contributed by atoms with E-state index >= 15 is 0 Å². The van der Waals surface area contributed by atoms with Crippen molar-refractivity contribution in [2.45, 2.75) is 23.9 Å². The van der Waals surface area contributed by atoms with Crippen LogP contribution >= 0.6 is 11.8 Å². The molecule has 5 nitrogen and oxygen atoms in total. The monoisotopic (exact) mass is 338 g/mol. The summed E-state index contributed by atoms with van der Waals surface area (Å²) in [4.78, 5) is -0.257. The van der Waals surface area contributed by atoms with E-state index in [-0.39, 0.29) is 4.87 Å². The molecule has 0 saturated carbocycles. The van der Waals surface area contributed by atoms with Gasteiger partial charge in [0, 0.05) is 5.56 Å². The molecule has 0 spiro atoms. The molecule has 122 valence electrons. The summed E-state index contributed by atoms with van der Waals surface area (Å²) in [6.07, 6.45) is 0. The van der Waals surface area contributed by atoms with Crippen LogP contribution in [0.25, 0.3) is 11.4 Å². The summed E-state index contributed by atoms with van der Waals surface area (Å²) in [5, 5.41) is 9.53. The van der Waals surface area contributed by atoms with E-state index in [9.17, 15) is 0 Å². The molecule has 1 aliphatic heterocycles. The first-order valence-corrected chi connectivity index (χ1v) is 8.72. The highest BCUT2D eigenvalue weighted by molar-refractivity contribution is 8.00. The fraction of sp³-hybridized carbons (Fsp3) is 0.222. The van der Waals surface area contributed by atoms with Crippen molar-refractivity contribution in [3.8, 4) is 17.1 Å². The van der Waals surface area contributed by atoms with Crippen LogP contribution in [-0.2, 0) is 4.87 Å². The number of nitrogens with one attached hydrogen (secondary N) is 1. The third-order valence-electron chi connectivity index (χ3n) is 4.00. The lowest BCUT2D eigenvalue weighted by molar-refractivity contribution is 0.340. The van der Waals surface area contributed by atoms with Crippen LogP contribution in [0.1, 0.15) is 19.4 Å². The molecule has 0 saturated heterocycles. The number of rotatable bonds is 4. The van der Waals surface area contributed by atoms with Crippen molar-refractivity contribution in [2.24, 2.45) is 0 Å². The molecule has 2 aromatic carbocycles. The minimum Gasteiger partial charge on any atom is -0.494 e. The van der Waals surface area contributed by atoms with E-state index in [2.05, 4.69) is 46.8 Å². The van der Waals surface area contributed by atoms with Gasteiger partial charge in [0.2, 0.25) is 5.16 Å². The van der Waals surface area contributed by atoms with Gasteiger partial charge in [-0.15, -0.1) is 10.2 Å². The molecule has 0 radical (unpaired) electrons. The molecule has 3 aromatic rings. The van der Waals surface area contributed by atoms with Crippen LogP contribution in [0.3, 0.4) is 0 Å². The van der Waals surface area contributed by atoms with Gasteiger partial charge in [0.25, 0.3) is 0 Å². The molecule has 1 atom stereocenters. The molecule has 2 heterocycles. The van der Waals surface area contributed by atoms with E-state index in [1.165, 1.54) is 5.56 Å². The Balaban J connectivity index is 1.65. The van der Waals surface area contributed by atoms with Crippen LogP contribution in [-0.4, -0.2) is 21.5 Å². The largest absolute Gasteiger partial charge is 0.494 e. The maximum Gasteiger partial charge on any atom is 0.212 e. The number of nitrogens with zero attached hydrogens (tertiary/aromatic N) is 3. The number of hydrogen-bond donors (Lipinski definition) is 1. The van der Waals surface area contributed by atoms with E-state index in [0.717, 1.165) is 22.3 Å². The lowest BCUT2D eigenvalue weighted by Gasteiger charge is -2.24. The molecule has 4 rings (SSSR count). The molecule has 1 N–H and O–H groups in total. The minimum absolute atomic E-state index is 0.257. The molecular formula is C18H18N4OS. The van der Waals surface area contributed by atoms with E-state index in [4.69, 9.17) is 4.74 Å². The lowest BCUT2D eigenvalue weighted by atomic mass is 10.1. The molecule has 1 aromatic heterocycles. The summed E-state index contributed by atoms with van der Waals surface area (Å²) < 4.78 is 7.46. The number of benzene rings is 2. The first-order valence-electron chi connectivity index (χ1n) is 7.91. The molecule has 1 aliphatic rings. The SMILES string of the molecule is CCOc1ccc(-c2nnc3n2NC(C)(c2ccccc2)S3)cc1. The highest BCUT2D eigenvalue weighted by Gasteiger charge is 2.38. The van der Waals surface area contributed by atoms with E-state index < -0.39 is 0 Å². The second-order valence-corrected chi connectivity index (χ2v) is 7.10. The molecule has 6 heteroatoms. The third-order valence-corrected chi connectivity index (χ3v) is 5.18. The molecule has 0 bridgehead atoms. The van der Waals surface area contributed by atoms with E-state index in [1.807, 2.05) is 41.9 Å². The van der Waals surface area contributed by atoms with Gasteiger partial charge >= 0.3 is 0 Å². The van der Waals surface area contributed by atoms with E-state index in [1.54, 1.807) is 11.8 Å². The van der Waals surface area contributed by atoms with Crippen LogP contribution in [0.5, 0.6) is 5.75 Å². The van der Waals surface area contributed by atoms with Crippen molar-refractivity contribution in [1.82, 2.24) is 14.9 Å². The van der Waals surface area contributed by atoms with Crippen LogP contribution < -0.4 is 10.2 Å². The van der Waals surface area contributed by atoms with Gasteiger partial charge in [-0.3, -0.25) is 0 Å². The Bertz CT molecular complexity index is 847. The van der Waals surface area contributed by atoms with Crippen LogP contribution in [0, 0.1) is 0 Å². The van der Waals surface area contributed by atoms with Crippen molar-refractivity contribution >= 4 is 11.8 Å². The summed E-state index contributed by atoms with van der Waals surface area (Å²) in [6, 6.07) is 18.3. The molecular weight excluding hydrogens is 320 g/mol. The third kappa shape index (κ3) is 2.53. The lowest BCUT2D eigenvalue weighted by Crippen LogP contribution is -2.29. The second-order valence-electron chi connectivity index (χ2n) is 5.71. The van der Waals surface area contributed by atoms with Crippen molar-refractivity contribution < 1.29 is 4.74 Å². The van der Waals surface area contributed by atoms with Gasteiger partial charge in [-0.1, -0.05) is 42.1 Å². The van der Waals surface area contributed by atoms with Crippen LogP contribution in [0.2, 0.25) is 0 Å². The molecule has 1 unspecified atom stereocenters. The quantitative estimate of drug-likeness (QED) is 0.783. The zero-order valence-electron chi connectivity index (χ0n) is 13.6. The number of ether oxygens (including phenoxy) is 1. The Morgan fingerprint density at radius 2 is 1.83 bits per heavy atom. The predicted octanol–water partition coefficient (Wildman–Crippen LogP) is 3.87. The van der Waals surface area contributed by atoms with Gasteiger partial charge < -0.3 is 10.2 Å².